The quantitative estimate of drug-likeness (QED) is 0.842. The van der Waals surface area contributed by atoms with Crippen molar-refractivity contribution in [1.82, 2.24) is 9.84 Å². The molecule has 1 aliphatic rings. The zero-order valence-electron chi connectivity index (χ0n) is 11.1. The number of imide groups is 1. The van der Waals surface area contributed by atoms with Crippen molar-refractivity contribution in [2.75, 3.05) is 0 Å². The Morgan fingerprint density at radius 2 is 1.39 bits per heavy atom. The first-order valence-corrected chi connectivity index (χ1v) is 7.61. The zero-order valence-corrected chi connectivity index (χ0v) is 11.9. The molecule has 6 nitrogen and oxygen atoms in total. The maximum Gasteiger partial charge on any atom is 0.513 e. The minimum absolute atomic E-state index is 0.0671. The largest absolute Gasteiger partial charge is 0.513 e. The molecule has 1 N–H and O–H groups in total. The molecule has 23 heavy (non-hydrogen) atoms. The number of benzene rings is 2. The molecular formula is C13H7F3N2O4S. The molecule has 1 aliphatic heterocycles. The van der Waals surface area contributed by atoms with Crippen LogP contribution in [0.5, 0.6) is 0 Å². The first-order chi connectivity index (χ1) is 10.6. The number of halogens is 3. The van der Waals surface area contributed by atoms with E-state index in [1.807, 2.05) is 0 Å². The fourth-order valence-corrected chi connectivity index (χ4v) is 2.80. The van der Waals surface area contributed by atoms with Gasteiger partial charge >= 0.3 is 15.5 Å². The predicted octanol–water partition coefficient (Wildman–Crippen LogP) is 1.79. The van der Waals surface area contributed by atoms with Crippen LogP contribution >= 0.6 is 0 Å². The number of carbonyl (C=O) groups excluding carboxylic acids is 2. The number of rotatable bonds is 2. The molecule has 0 radical (unpaired) electrons. The summed E-state index contributed by atoms with van der Waals surface area (Å²) in [5, 5.41) is 0.674. The lowest BCUT2D eigenvalue weighted by atomic mass is 9.95. The summed E-state index contributed by atoms with van der Waals surface area (Å²) in [5.74, 6) is -2.35. The minimum atomic E-state index is -5.90. The van der Waals surface area contributed by atoms with Gasteiger partial charge in [0.1, 0.15) is 0 Å². The van der Waals surface area contributed by atoms with Crippen molar-refractivity contribution in [3.8, 4) is 0 Å². The Morgan fingerprint density at radius 1 is 0.913 bits per heavy atom. The Kier molecular flexibility index (Phi) is 3.20. The molecule has 0 bridgehead atoms. The van der Waals surface area contributed by atoms with Gasteiger partial charge in [0.2, 0.25) is 0 Å². The van der Waals surface area contributed by atoms with Crippen LogP contribution in [0.3, 0.4) is 0 Å². The van der Waals surface area contributed by atoms with Crippen molar-refractivity contribution in [2.45, 2.75) is 5.51 Å². The summed E-state index contributed by atoms with van der Waals surface area (Å²) in [4.78, 5) is 25.5. The lowest BCUT2D eigenvalue weighted by Gasteiger charge is -2.27. The first kappa shape index (κ1) is 15.4. The van der Waals surface area contributed by atoms with Gasteiger partial charge in [-0.15, -0.1) is 4.83 Å². The van der Waals surface area contributed by atoms with Gasteiger partial charge < -0.3 is 0 Å². The highest BCUT2D eigenvalue weighted by atomic mass is 32.2. The highest BCUT2D eigenvalue weighted by Crippen LogP contribution is 2.30. The number of nitrogens with one attached hydrogen (secondary N) is 1. The molecule has 0 fully saturated rings. The Hall–Kier alpha value is -2.46. The number of hydrazine groups is 1. The number of nitrogens with zero attached hydrogens (tertiary/aromatic N) is 1. The number of alkyl halides is 3. The monoisotopic (exact) mass is 344 g/mol. The molecule has 0 saturated carbocycles. The number of amides is 2. The van der Waals surface area contributed by atoms with Crippen LogP contribution in [0.25, 0.3) is 10.8 Å². The van der Waals surface area contributed by atoms with E-state index in [1.54, 1.807) is 12.1 Å². The zero-order chi connectivity index (χ0) is 17.0. The topological polar surface area (TPSA) is 83.6 Å². The van der Waals surface area contributed by atoms with E-state index >= 15 is 0 Å². The van der Waals surface area contributed by atoms with Crippen molar-refractivity contribution in [2.24, 2.45) is 0 Å². The van der Waals surface area contributed by atoms with E-state index < -0.39 is 27.3 Å². The van der Waals surface area contributed by atoms with Gasteiger partial charge in [-0.1, -0.05) is 24.3 Å². The second-order valence-electron chi connectivity index (χ2n) is 4.70. The average molecular weight is 344 g/mol. The van der Waals surface area contributed by atoms with Crippen molar-refractivity contribution < 1.29 is 31.2 Å². The van der Waals surface area contributed by atoms with Crippen molar-refractivity contribution in [3.63, 3.8) is 0 Å². The molecule has 2 aromatic rings. The number of sulfonamides is 1. The van der Waals surface area contributed by atoms with Gasteiger partial charge in [0, 0.05) is 5.39 Å². The van der Waals surface area contributed by atoms with Gasteiger partial charge in [0.05, 0.1) is 11.1 Å². The maximum absolute atomic E-state index is 12.5. The molecule has 3 rings (SSSR count). The summed E-state index contributed by atoms with van der Waals surface area (Å²) >= 11 is 0. The molecule has 0 unspecified atom stereocenters. The molecule has 2 amide bonds. The van der Waals surface area contributed by atoms with Crippen LogP contribution in [0.1, 0.15) is 20.7 Å². The minimum Gasteiger partial charge on any atom is -0.267 e. The smallest absolute Gasteiger partial charge is 0.267 e. The predicted molar refractivity (Wildman–Crippen MR) is 72.6 cm³/mol. The molecule has 1 heterocycles. The summed E-state index contributed by atoms with van der Waals surface area (Å²) < 4.78 is 59.8. The Morgan fingerprint density at radius 3 is 1.83 bits per heavy atom. The van der Waals surface area contributed by atoms with Gasteiger partial charge in [-0.05, 0) is 17.5 Å². The fraction of sp³-hybridized carbons (Fsp3) is 0.0769. The van der Waals surface area contributed by atoms with E-state index in [4.69, 9.17) is 0 Å². The summed E-state index contributed by atoms with van der Waals surface area (Å²) in [6, 6.07) is 8.80. The molecule has 0 spiro atoms. The fourth-order valence-electron chi connectivity index (χ4n) is 2.29. The lowest BCUT2D eigenvalue weighted by molar-refractivity contribution is -0.0462. The van der Waals surface area contributed by atoms with E-state index in [0.29, 0.717) is 5.39 Å². The van der Waals surface area contributed by atoms with Gasteiger partial charge in [-0.2, -0.15) is 18.2 Å². The molecule has 0 aromatic heterocycles. The third-order valence-electron chi connectivity index (χ3n) is 3.29. The van der Waals surface area contributed by atoms with Crippen LogP contribution in [0.2, 0.25) is 0 Å². The van der Waals surface area contributed by atoms with Crippen LogP contribution in [0.15, 0.2) is 36.4 Å². The van der Waals surface area contributed by atoms with Gasteiger partial charge in [0.25, 0.3) is 11.8 Å². The van der Waals surface area contributed by atoms with E-state index in [-0.39, 0.29) is 21.5 Å². The molecule has 0 atom stereocenters. The van der Waals surface area contributed by atoms with Gasteiger partial charge in [0.15, 0.2) is 0 Å². The number of hydrogen-bond acceptors (Lipinski definition) is 4. The molecule has 120 valence electrons. The number of hydrogen-bond donors (Lipinski definition) is 1. The third kappa shape index (κ3) is 2.26. The van der Waals surface area contributed by atoms with Crippen molar-refractivity contribution in [3.05, 3.63) is 47.5 Å². The number of carbonyl (C=O) groups is 2. The summed E-state index contributed by atoms with van der Waals surface area (Å²) in [5.41, 5.74) is -5.79. The average Bonchev–Trinajstić information content (AvgIpc) is 2.48. The molecule has 2 aromatic carbocycles. The van der Waals surface area contributed by atoms with Crippen LogP contribution in [-0.2, 0) is 10.0 Å². The normalized spacial score (nSPS) is 15.3. The Labute approximate surface area is 127 Å². The SMILES string of the molecule is O=C1c2cccc3cccc(c23)C(=O)N1NS(=O)(=O)C(F)(F)F. The van der Waals surface area contributed by atoms with Crippen LogP contribution < -0.4 is 4.83 Å². The van der Waals surface area contributed by atoms with E-state index in [1.165, 1.54) is 24.3 Å². The molecule has 0 saturated heterocycles. The Balaban J connectivity index is 2.15. The molecule has 0 aliphatic carbocycles. The van der Waals surface area contributed by atoms with Crippen molar-refractivity contribution >= 4 is 32.6 Å². The third-order valence-corrected chi connectivity index (χ3v) is 4.32. The summed E-state index contributed by atoms with van der Waals surface area (Å²) in [6.45, 7) is 0. The summed E-state index contributed by atoms with van der Waals surface area (Å²) in [6.07, 6.45) is 0. The van der Waals surface area contributed by atoms with Crippen LogP contribution in [-0.4, -0.2) is 30.7 Å². The highest BCUT2D eigenvalue weighted by molar-refractivity contribution is 7.90. The lowest BCUT2D eigenvalue weighted by Crippen LogP contribution is -2.54. The van der Waals surface area contributed by atoms with E-state index in [2.05, 4.69) is 0 Å². The van der Waals surface area contributed by atoms with Gasteiger partial charge in [-0.25, -0.2) is 8.42 Å². The molecule has 10 heteroatoms. The standard InChI is InChI=1S/C13H7F3N2O4S/c14-13(15,16)23(21,22)17-18-11(19)8-5-1-3-7-4-2-6-9(10(7)8)12(18)20/h1-6,17H. The second-order valence-corrected chi connectivity index (χ2v) is 6.35. The van der Waals surface area contributed by atoms with Crippen molar-refractivity contribution in [1.29, 1.82) is 0 Å². The van der Waals surface area contributed by atoms with Crippen LogP contribution in [0.4, 0.5) is 13.2 Å². The summed E-state index contributed by atoms with van der Waals surface area (Å²) in [7, 11) is -5.90. The van der Waals surface area contributed by atoms with E-state index in [9.17, 15) is 31.2 Å². The Bertz CT molecular complexity index is 903. The maximum atomic E-state index is 12.5. The first-order valence-electron chi connectivity index (χ1n) is 6.13. The van der Waals surface area contributed by atoms with Gasteiger partial charge in [-0.3, -0.25) is 9.59 Å². The second kappa shape index (κ2) is 4.77. The molecular weight excluding hydrogens is 337 g/mol. The highest BCUT2D eigenvalue weighted by Gasteiger charge is 2.49. The van der Waals surface area contributed by atoms with Crippen LogP contribution in [0, 0.1) is 0 Å². The van der Waals surface area contributed by atoms with E-state index in [0.717, 1.165) is 4.83 Å².